The Balaban J connectivity index is 0.918. The number of fused-ring (bicyclic) bond motifs is 1. The summed E-state index contributed by atoms with van der Waals surface area (Å²) in [6.07, 6.45) is 0.117. The number of amidine groups is 1. The van der Waals surface area contributed by atoms with Crippen LogP contribution in [0.1, 0.15) is 72.2 Å². The Kier molecular flexibility index (Phi) is 33.1. The molecule has 0 spiro atoms. The highest BCUT2D eigenvalue weighted by Crippen LogP contribution is 2.36. The highest BCUT2D eigenvalue weighted by atomic mass is 32.1. The highest BCUT2D eigenvalue weighted by Gasteiger charge is 2.36. The van der Waals surface area contributed by atoms with Gasteiger partial charge in [-0.2, -0.15) is 22.0 Å². The fourth-order valence-corrected chi connectivity index (χ4v) is 8.94. The maximum Gasteiger partial charge on any atom is 0.433 e. The molecule has 462 valence electrons. The zero-order chi connectivity index (χ0) is 59.7. The van der Waals surface area contributed by atoms with Crippen LogP contribution in [0.4, 0.5) is 36.4 Å². The molecule has 4 rings (SSSR count). The van der Waals surface area contributed by atoms with Crippen LogP contribution >= 0.6 is 11.3 Å². The zero-order valence-corrected chi connectivity index (χ0v) is 48.0. The summed E-state index contributed by atoms with van der Waals surface area (Å²) in [4.78, 5) is 41.7. The van der Waals surface area contributed by atoms with Crippen molar-refractivity contribution in [3.63, 3.8) is 0 Å². The van der Waals surface area contributed by atoms with Crippen LogP contribution in [-0.2, 0) is 77.9 Å². The molecule has 1 aromatic carbocycles. The second-order valence-electron chi connectivity index (χ2n) is 19.0. The van der Waals surface area contributed by atoms with E-state index in [2.05, 4.69) is 26.7 Å². The molecule has 1 aliphatic rings. The first-order chi connectivity index (χ1) is 39.4. The van der Waals surface area contributed by atoms with Gasteiger partial charge in [-0.05, 0) is 77.1 Å². The quantitative estimate of drug-likeness (QED) is 0.0145. The van der Waals surface area contributed by atoms with Gasteiger partial charge in [0.05, 0.1) is 142 Å². The lowest BCUT2D eigenvalue weighted by atomic mass is 10.1. The number of nitrogens with zero attached hydrogens (tertiary/aromatic N) is 5. The van der Waals surface area contributed by atoms with E-state index >= 15 is 0 Å². The monoisotopic (exact) mass is 1200 g/mol. The molecule has 27 heteroatoms. The summed E-state index contributed by atoms with van der Waals surface area (Å²) in [5.41, 5.74) is 6.74. The number of likely N-dealkylation sites (N-methyl/N-ethyl adjacent to an activating group) is 1. The molecule has 82 heavy (non-hydrogen) atoms. The van der Waals surface area contributed by atoms with Crippen molar-refractivity contribution in [1.82, 2.24) is 19.7 Å². The molecule has 0 aliphatic carbocycles. The second-order valence-corrected chi connectivity index (χ2v) is 20.1. The van der Waals surface area contributed by atoms with Crippen molar-refractivity contribution in [3.05, 3.63) is 79.8 Å². The number of nitrogens with two attached hydrogens (primary N) is 1. The molecule has 0 saturated heterocycles. The number of aliphatic imine (C=N–C) groups is 1. The largest absolute Gasteiger partial charge is 0.433 e. The number of hydrogen-bond donors (Lipinski definition) is 2. The number of esters is 1. The van der Waals surface area contributed by atoms with E-state index in [0.29, 0.717) is 109 Å². The standard InChI is InChI=1S/C55H79F7N6O13S/c1-5-13-68(37-41-11-10-39(36-66(2)3)53(64-41)55(60,61)62)54(71)40-32-46-45(65-47(63)33-40)34-42(82-46)9-7-6-8-14-67(4)15-17-72-18-19-73-20-21-74-22-23-75-24-25-76-26-27-77-28-29-78-30-31-80-49(38-69)79-16-12-48(70)81-52-50(58)43(56)35-44(57)51(52)59/h10-11,32,34-35,49,69H,5-9,12-31,33,36-38H2,1-4H3,(H2,63,65). The summed E-state index contributed by atoms with van der Waals surface area (Å²) >= 11 is 1.57. The van der Waals surface area contributed by atoms with Gasteiger partial charge in [0, 0.05) is 42.6 Å². The van der Waals surface area contributed by atoms with Gasteiger partial charge < -0.3 is 72.9 Å². The number of amides is 1. The molecule has 1 amide bonds. The predicted molar refractivity (Wildman–Crippen MR) is 291 cm³/mol. The number of thiophene rings is 1. The first-order valence-electron chi connectivity index (χ1n) is 27.2. The molecule has 1 aliphatic heterocycles. The normalized spacial score (nSPS) is 13.1. The average Bonchev–Trinajstić information content (AvgIpc) is 3.74. The first-order valence-corrected chi connectivity index (χ1v) is 28.0. The summed E-state index contributed by atoms with van der Waals surface area (Å²) in [6.45, 7) is 8.42. The van der Waals surface area contributed by atoms with E-state index in [9.17, 15) is 45.4 Å². The van der Waals surface area contributed by atoms with Crippen molar-refractivity contribution in [1.29, 1.82) is 0 Å². The Morgan fingerprint density at radius 2 is 1.28 bits per heavy atom. The van der Waals surface area contributed by atoms with E-state index in [1.807, 2.05) is 19.1 Å². The van der Waals surface area contributed by atoms with Crippen LogP contribution in [0.2, 0.25) is 0 Å². The van der Waals surface area contributed by atoms with E-state index in [1.54, 1.807) is 36.4 Å². The van der Waals surface area contributed by atoms with Gasteiger partial charge in [0.15, 0.2) is 17.9 Å². The third-order valence-corrected chi connectivity index (χ3v) is 13.0. The number of aryl methyl sites for hydroxylation is 1. The Morgan fingerprint density at radius 3 is 1.83 bits per heavy atom. The lowest BCUT2D eigenvalue weighted by molar-refractivity contribution is -0.173. The van der Waals surface area contributed by atoms with Crippen LogP contribution in [0.5, 0.6) is 5.75 Å². The third-order valence-electron chi connectivity index (χ3n) is 11.8. The number of hydrogen-bond acceptors (Lipinski definition) is 19. The summed E-state index contributed by atoms with van der Waals surface area (Å²) in [6, 6.07) is 5.00. The fraction of sp³-hybridized carbons (Fsp3) is 0.636. The molecule has 3 heterocycles. The minimum atomic E-state index is -4.63. The van der Waals surface area contributed by atoms with Crippen molar-refractivity contribution in [2.24, 2.45) is 10.7 Å². The van der Waals surface area contributed by atoms with Crippen LogP contribution in [0.25, 0.3) is 6.08 Å². The number of benzene rings is 1. The Morgan fingerprint density at radius 1 is 0.720 bits per heavy atom. The molecule has 3 N–H and O–H groups in total. The number of carbonyl (C=O) groups is 2. The van der Waals surface area contributed by atoms with Gasteiger partial charge in [0.25, 0.3) is 5.91 Å². The molecule has 19 nitrogen and oxygen atoms in total. The minimum Gasteiger partial charge on any atom is -0.420 e. The van der Waals surface area contributed by atoms with E-state index in [4.69, 9.17) is 48.4 Å². The summed E-state index contributed by atoms with van der Waals surface area (Å²) in [7, 11) is 5.45. The topological polar surface area (TPSA) is 208 Å². The number of halogens is 7. The summed E-state index contributed by atoms with van der Waals surface area (Å²) in [5, 5.41) is 9.39. The van der Waals surface area contributed by atoms with Crippen molar-refractivity contribution in [2.75, 3.05) is 153 Å². The lowest BCUT2D eigenvalue weighted by Crippen LogP contribution is -2.34. The number of aromatic nitrogens is 1. The molecule has 0 fully saturated rings. The number of carbonyl (C=O) groups excluding carboxylic acids is 2. The molecular formula is C55H79F7N6O13S. The molecule has 0 saturated carbocycles. The smallest absolute Gasteiger partial charge is 0.420 e. The predicted octanol–water partition coefficient (Wildman–Crippen LogP) is 7.10. The number of aliphatic hydroxyl groups is 1. The van der Waals surface area contributed by atoms with Crippen LogP contribution in [0, 0.1) is 23.3 Å². The molecule has 2 aromatic heterocycles. The van der Waals surface area contributed by atoms with Gasteiger partial charge in [-0.3, -0.25) is 9.59 Å². The fourth-order valence-electron chi connectivity index (χ4n) is 7.83. The van der Waals surface area contributed by atoms with Crippen molar-refractivity contribution in [2.45, 2.75) is 77.4 Å². The Hall–Kier alpha value is -4.75. The van der Waals surface area contributed by atoms with Crippen molar-refractivity contribution in [3.8, 4) is 5.75 Å². The van der Waals surface area contributed by atoms with Crippen LogP contribution < -0.4 is 10.5 Å². The van der Waals surface area contributed by atoms with E-state index < -0.39 is 66.2 Å². The summed E-state index contributed by atoms with van der Waals surface area (Å²) in [5.74, 6) is -9.88. The number of rotatable bonds is 44. The number of aliphatic hydroxyl groups excluding tert-OH is 1. The minimum absolute atomic E-state index is 0.0146. The average molecular weight is 1200 g/mol. The maximum atomic E-state index is 14.0. The van der Waals surface area contributed by atoms with Gasteiger partial charge in [0.1, 0.15) is 11.5 Å². The zero-order valence-electron chi connectivity index (χ0n) is 47.2. The van der Waals surface area contributed by atoms with Gasteiger partial charge in [-0.15, -0.1) is 11.3 Å². The Labute approximate surface area is 478 Å². The first kappa shape index (κ1) is 69.7. The lowest BCUT2D eigenvalue weighted by Gasteiger charge is -2.24. The molecule has 0 radical (unpaired) electrons. The number of pyridine rings is 1. The van der Waals surface area contributed by atoms with Gasteiger partial charge in [-0.1, -0.05) is 19.4 Å². The van der Waals surface area contributed by atoms with Gasteiger partial charge in [-0.25, -0.2) is 18.8 Å². The van der Waals surface area contributed by atoms with E-state index in [1.165, 1.54) is 11.0 Å². The van der Waals surface area contributed by atoms with Crippen LogP contribution in [-0.4, -0.2) is 202 Å². The SMILES string of the molecule is CCCN(Cc1ccc(CN(C)C)c(C(F)(F)F)n1)C(=O)C1=Cc2sc(CCCCCN(C)CCOCCOCCOCCOCCOCCOCCOCCOC(CO)OCCC(=O)Oc3c(F)c(F)cc(F)c3F)cc2N=C(N)C1. The number of alkyl halides is 3. The highest BCUT2D eigenvalue weighted by molar-refractivity contribution is 7.13. The van der Waals surface area contributed by atoms with Crippen LogP contribution in [0.3, 0.4) is 0 Å². The Bertz CT molecular complexity index is 2400. The van der Waals surface area contributed by atoms with Gasteiger partial charge >= 0.3 is 12.1 Å². The molecular weight excluding hydrogens is 1120 g/mol. The number of ether oxygens (including phenoxy) is 10. The number of unbranched alkanes of at least 4 members (excludes halogenated alkanes) is 2. The van der Waals surface area contributed by atoms with Crippen molar-refractivity contribution >= 4 is 40.8 Å². The summed E-state index contributed by atoms with van der Waals surface area (Å²) < 4.78 is 149. The molecule has 1 unspecified atom stereocenters. The maximum absolute atomic E-state index is 14.0. The van der Waals surface area contributed by atoms with Crippen molar-refractivity contribution < 1.29 is 92.8 Å². The van der Waals surface area contributed by atoms with E-state index in [-0.39, 0.29) is 69.2 Å². The molecule has 3 aromatic rings. The van der Waals surface area contributed by atoms with Gasteiger partial charge in [0.2, 0.25) is 17.4 Å². The third kappa shape index (κ3) is 26.9. The van der Waals surface area contributed by atoms with E-state index in [0.717, 1.165) is 48.5 Å². The molecule has 0 bridgehead atoms. The molecule has 1 atom stereocenters. The van der Waals surface area contributed by atoms with Crippen LogP contribution in [0.15, 0.2) is 34.8 Å². The second kappa shape index (κ2) is 39.0.